The molecule has 1 saturated carbocycles. The normalized spacial score (nSPS) is 20.7. The lowest BCUT2D eigenvalue weighted by molar-refractivity contribution is 0.328. The van der Waals surface area contributed by atoms with E-state index in [0.29, 0.717) is 24.9 Å². The molecule has 20 heavy (non-hydrogen) atoms. The van der Waals surface area contributed by atoms with E-state index in [9.17, 15) is 0 Å². The Kier molecular flexibility index (Phi) is 3.63. The molecule has 4 nitrogen and oxygen atoms in total. The number of aromatic nitrogens is 1. The summed E-state index contributed by atoms with van der Waals surface area (Å²) in [5.41, 5.74) is 0.895. The monoisotopic (exact) mass is 272 g/mol. The average molecular weight is 272 g/mol. The molecule has 106 valence electrons. The molecule has 2 aromatic rings. The minimum Gasteiger partial charge on any atom is -0.476 e. The van der Waals surface area contributed by atoms with Crippen LogP contribution in [0.4, 0.5) is 5.69 Å². The highest BCUT2D eigenvalue weighted by molar-refractivity contribution is 5.52. The molecule has 1 aliphatic carbocycles. The molecule has 0 spiro atoms. The number of anilines is 1. The number of hydrogen-bond acceptors (Lipinski definition) is 4. The van der Waals surface area contributed by atoms with Crippen molar-refractivity contribution >= 4 is 5.69 Å². The molecule has 4 heteroatoms. The van der Waals surface area contributed by atoms with Gasteiger partial charge in [0.05, 0.1) is 18.8 Å². The summed E-state index contributed by atoms with van der Waals surface area (Å²) in [7, 11) is 0. The summed E-state index contributed by atoms with van der Waals surface area (Å²) in [5, 5.41) is 3.32. The fraction of sp³-hybridized carbons (Fsp3) is 0.438. The largest absolute Gasteiger partial charge is 0.476 e. The summed E-state index contributed by atoms with van der Waals surface area (Å²) in [5.74, 6) is 4.10. The maximum absolute atomic E-state index is 5.88. The van der Waals surface area contributed by atoms with Gasteiger partial charge in [-0.25, -0.2) is 4.98 Å². The lowest BCUT2D eigenvalue weighted by Gasteiger charge is -2.09. The van der Waals surface area contributed by atoms with Crippen LogP contribution in [0.5, 0.6) is 5.88 Å². The number of hydrogen-bond donors (Lipinski definition) is 1. The van der Waals surface area contributed by atoms with Crippen molar-refractivity contribution in [1.82, 2.24) is 4.98 Å². The standard InChI is InChI=1S/C16H20N2O2/c1-3-19-16-14(5-4-8-17-16)18-10-12-6-7-15(20-12)13-9-11(13)2/h4-8,11,13,18H,3,9-10H2,1-2H3. The first-order chi connectivity index (χ1) is 9.78. The van der Waals surface area contributed by atoms with Gasteiger partial charge in [-0.05, 0) is 43.5 Å². The van der Waals surface area contributed by atoms with Crippen LogP contribution in [0.25, 0.3) is 0 Å². The van der Waals surface area contributed by atoms with Crippen molar-refractivity contribution in [3.05, 3.63) is 42.0 Å². The van der Waals surface area contributed by atoms with Gasteiger partial charge in [0.25, 0.3) is 0 Å². The first-order valence-electron chi connectivity index (χ1n) is 7.18. The SMILES string of the molecule is CCOc1ncccc1NCc1ccc(C2CC2C)o1. The zero-order chi connectivity index (χ0) is 13.9. The molecular weight excluding hydrogens is 252 g/mol. The van der Waals surface area contributed by atoms with Crippen LogP contribution in [-0.4, -0.2) is 11.6 Å². The Morgan fingerprint density at radius 2 is 2.25 bits per heavy atom. The van der Waals surface area contributed by atoms with Crippen LogP contribution in [0.2, 0.25) is 0 Å². The summed E-state index contributed by atoms with van der Waals surface area (Å²) < 4.78 is 11.4. The van der Waals surface area contributed by atoms with Gasteiger partial charge in [-0.3, -0.25) is 0 Å². The molecule has 0 saturated heterocycles. The Morgan fingerprint density at radius 1 is 1.40 bits per heavy atom. The Labute approximate surface area is 119 Å². The quantitative estimate of drug-likeness (QED) is 0.868. The van der Waals surface area contributed by atoms with E-state index in [1.165, 1.54) is 6.42 Å². The third-order valence-corrected chi connectivity index (χ3v) is 3.66. The molecule has 1 fully saturated rings. The van der Waals surface area contributed by atoms with Gasteiger partial charge >= 0.3 is 0 Å². The van der Waals surface area contributed by atoms with E-state index >= 15 is 0 Å². The van der Waals surface area contributed by atoms with Crippen molar-refractivity contribution in [1.29, 1.82) is 0 Å². The summed E-state index contributed by atoms with van der Waals surface area (Å²) in [6.45, 7) is 5.46. The highest BCUT2D eigenvalue weighted by Gasteiger charge is 2.36. The average Bonchev–Trinajstić information content (AvgIpc) is 3.01. The van der Waals surface area contributed by atoms with Gasteiger partial charge in [0.2, 0.25) is 5.88 Å². The van der Waals surface area contributed by atoms with Crippen LogP contribution < -0.4 is 10.1 Å². The highest BCUT2D eigenvalue weighted by Crippen LogP contribution is 2.47. The number of ether oxygens (including phenoxy) is 1. The fourth-order valence-corrected chi connectivity index (χ4v) is 2.37. The van der Waals surface area contributed by atoms with Crippen molar-refractivity contribution in [3.8, 4) is 5.88 Å². The molecule has 2 unspecified atom stereocenters. The van der Waals surface area contributed by atoms with Crippen molar-refractivity contribution in [3.63, 3.8) is 0 Å². The van der Waals surface area contributed by atoms with Gasteiger partial charge < -0.3 is 14.5 Å². The third kappa shape index (κ3) is 2.79. The van der Waals surface area contributed by atoms with Gasteiger partial charge in [0.15, 0.2) is 0 Å². The topological polar surface area (TPSA) is 47.3 Å². The van der Waals surface area contributed by atoms with Crippen molar-refractivity contribution in [2.75, 3.05) is 11.9 Å². The van der Waals surface area contributed by atoms with Crippen molar-refractivity contribution in [2.45, 2.75) is 32.7 Å². The maximum atomic E-state index is 5.88. The van der Waals surface area contributed by atoms with Crippen LogP contribution in [-0.2, 0) is 6.54 Å². The molecule has 1 N–H and O–H groups in total. The van der Waals surface area contributed by atoms with Crippen LogP contribution >= 0.6 is 0 Å². The lowest BCUT2D eigenvalue weighted by Crippen LogP contribution is -2.03. The van der Waals surface area contributed by atoms with Crippen molar-refractivity contribution in [2.24, 2.45) is 5.92 Å². The predicted molar refractivity (Wildman–Crippen MR) is 78.0 cm³/mol. The zero-order valence-electron chi connectivity index (χ0n) is 11.9. The molecule has 2 heterocycles. The second-order valence-corrected chi connectivity index (χ2v) is 5.27. The van der Waals surface area contributed by atoms with E-state index in [2.05, 4.69) is 23.3 Å². The summed E-state index contributed by atoms with van der Waals surface area (Å²) in [4.78, 5) is 4.22. The summed E-state index contributed by atoms with van der Waals surface area (Å²) >= 11 is 0. The van der Waals surface area contributed by atoms with Gasteiger partial charge in [0.1, 0.15) is 11.5 Å². The maximum Gasteiger partial charge on any atom is 0.237 e. The molecule has 0 aliphatic heterocycles. The number of nitrogens with one attached hydrogen (secondary N) is 1. The number of pyridine rings is 1. The van der Waals surface area contributed by atoms with E-state index in [1.807, 2.05) is 25.1 Å². The van der Waals surface area contributed by atoms with Crippen LogP contribution in [0.3, 0.4) is 0 Å². The minimum absolute atomic E-state index is 0.607. The Bertz CT molecular complexity index is 579. The molecule has 3 rings (SSSR count). The Hall–Kier alpha value is -1.97. The van der Waals surface area contributed by atoms with Gasteiger partial charge in [-0.2, -0.15) is 0 Å². The first-order valence-corrected chi connectivity index (χ1v) is 7.18. The Morgan fingerprint density at radius 3 is 3.00 bits per heavy atom. The third-order valence-electron chi connectivity index (χ3n) is 3.66. The molecular formula is C16H20N2O2. The predicted octanol–water partition coefficient (Wildman–Crippen LogP) is 3.81. The molecule has 0 bridgehead atoms. The minimum atomic E-state index is 0.607. The second kappa shape index (κ2) is 5.57. The first kappa shape index (κ1) is 13.0. The van der Waals surface area contributed by atoms with Crippen LogP contribution in [0.15, 0.2) is 34.9 Å². The second-order valence-electron chi connectivity index (χ2n) is 5.27. The molecule has 0 radical (unpaired) electrons. The molecule has 0 aromatic carbocycles. The molecule has 2 aromatic heterocycles. The van der Waals surface area contributed by atoms with E-state index in [1.54, 1.807) is 6.20 Å². The van der Waals surface area contributed by atoms with Crippen molar-refractivity contribution < 1.29 is 9.15 Å². The zero-order valence-corrected chi connectivity index (χ0v) is 11.9. The fourth-order valence-electron chi connectivity index (χ4n) is 2.37. The number of rotatable bonds is 6. The lowest BCUT2D eigenvalue weighted by atomic mass is 10.3. The van der Waals surface area contributed by atoms with Gasteiger partial charge in [-0.15, -0.1) is 0 Å². The number of furan rings is 1. The van der Waals surface area contributed by atoms with E-state index in [-0.39, 0.29) is 0 Å². The molecule has 1 aliphatic rings. The van der Waals surface area contributed by atoms with E-state index in [4.69, 9.17) is 9.15 Å². The Balaban J connectivity index is 1.63. The van der Waals surface area contributed by atoms with E-state index < -0.39 is 0 Å². The van der Waals surface area contributed by atoms with Crippen LogP contribution in [0, 0.1) is 5.92 Å². The summed E-state index contributed by atoms with van der Waals surface area (Å²) in [6, 6.07) is 8.00. The van der Waals surface area contributed by atoms with Gasteiger partial charge in [-0.1, -0.05) is 6.92 Å². The van der Waals surface area contributed by atoms with E-state index in [0.717, 1.165) is 23.1 Å². The highest BCUT2D eigenvalue weighted by atomic mass is 16.5. The summed E-state index contributed by atoms with van der Waals surface area (Å²) in [6.07, 6.45) is 2.98. The molecule has 0 amide bonds. The number of nitrogens with zero attached hydrogens (tertiary/aromatic N) is 1. The van der Waals surface area contributed by atoms with Gasteiger partial charge in [0, 0.05) is 12.1 Å². The van der Waals surface area contributed by atoms with Crippen LogP contribution in [0.1, 0.15) is 37.7 Å². The molecule has 2 atom stereocenters. The smallest absolute Gasteiger partial charge is 0.237 e.